The van der Waals surface area contributed by atoms with Crippen LogP contribution >= 0.6 is 0 Å². The third-order valence-electron chi connectivity index (χ3n) is 2.22. The number of benzene rings is 2. The minimum Gasteiger partial charge on any atom is -0.839 e. The second-order valence-corrected chi connectivity index (χ2v) is 3.43. The van der Waals surface area contributed by atoms with Crippen LogP contribution in [0.25, 0.3) is 0 Å². The Morgan fingerprint density at radius 3 is 1.94 bits per heavy atom. The minimum absolute atomic E-state index is 0. The van der Waals surface area contributed by atoms with Crippen LogP contribution in [0.2, 0.25) is 0 Å². The van der Waals surface area contributed by atoms with Crippen molar-refractivity contribution in [2.24, 2.45) is 0 Å². The molecule has 2 heteroatoms. The van der Waals surface area contributed by atoms with Crippen molar-refractivity contribution in [3.63, 3.8) is 0 Å². The smallest absolute Gasteiger partial charge is 0.839 e. The van der Waals surface area contributed by atoms with E-state index in [0.717, 1.165) is 5.56 Å². The molecule has 0 aliphatic heterocycles. The molecule has 2 aromatic rings. The maximum atomic E-state index is 11.7. The van der Waals surface area contributed by atoms with Gasteiger partial charge in [-0.25, -0.2) is 0 Å². The average Bonchev–Trinajstić information content (AvgIpc) is 2.38. The van der Waals surface area contributed by atoms with Gasteiger partial charge in [0.25, 0.3) is 0 Å². The van der Waals surface area contributed by atoms with Crippen molar-refractivity contribution in [3.05, 3.63) is 71.8 Å². The first-order chi connectivity index (χ1) is 7.86. The molecule has 17 heavy (non-hydrogen) atoms. The molecule has 1 atom stereocenters. The topological polar surface area (TPSA) is 23.1 Å². The summed E-state index contributed by atoms with van der Waals surface area (Å²) < 4.78 is 0. The van der Waals surface area contributed by atoms with Gasteiger partial charge in [0.2, 0.25) is 0 Å². The standard InChI is InChI=1S/C15H11O.Li/c16-15(14-9-5-2-6-10-14)12-11-13-7-3-1-4-8-13;/h1-10,15H;/q-1;+1. The molecule has 0 aliphatic rings. The molecule has 0 bridgehead atoms. The van der Waals surface area contributed by atoms with Gasteiger partial charge in [-0.15, -0.1) is 5.92 Å². The number of hydrogen-bond acceptors (Lipinski definition) is 1. The molecule has 0 spiro atoms. The van der Waals surface area contributed by atoms with E-state index in [1.807, 2.05) is 48.5 Å². The van der Waals surface area contributed by atoms with Crippen molar-refractivity contribution in [1.29, 1.82) is 0 Å². The van der Waals surface area contributed by atoms with Gasteiger partial charge in [0.05, 0.1) is 0 Å². The molecule has 0 amide bonds. The van der Waals surface area contributed by atoms with Crippen LogP contribution in [0.3, 0.4) is 0 Å². The molecule has 0 saturated heterocycles. The summed E-state index contributed by atoms with van der Waals surface area (Å²) in [7, 11) is 0. The first kappa shape index (κ1) is 13.6. The van der Waals surface area contributed by atoms with Gasteiger partial charge in [-0.2, -0.15) is 0 Å². The molecule has 1 unspecified atom stereocenters. The summed E-state index contributed by atoms with van der Waals surface area (Å²) in [6, 6.07) is 18.7. The van der Waals surface area contributed by atoms with E-state index in [1.165, 1.54) is 0 Å². The zero-order chi connectivity index (χ0) is 11.2. The van der Waals surface area contributed by atoms with Crippen LogP contribution in [0, 0.1) is 11.8 Å². The van der Waals surface area contributed by atoms with Gasteiger partial charge in [0.15, 0.2) is 0 Å². The molecule has 2 aromatic carbocycles. The summed E-state index contributed by atoms with van der Waals surface area (Å²) in [5.74, 6) is 5.59. The normalized spacial score (nSPS) is 10.6. The van der Waals surface area contributed by atoms with Crippen molar-refractivity contribution in [2.45, 2.75) is 6.10 Å². The van der Waals surface area contributed by atoms with E-state index < -0.39 is 6.10 Å². The maximum absolute atomic E-state index is 11.7. The van der Waals surface area contributed by atoms with E-state index in [4.69, 9.17) is 0 Å². The maximum Gasteiger partial charge on any atom is 1.00 e. The Morgan fingerprint density at radius 2 is 1.35 bits per heavy atom. The van der Waals surface area contributed by atoms with Crippen LogP contribution in [0.15, 0.2) is 60.7 Å². The van der Waals surface area contributed by atoms with Crippen molar-refractivity contribution in [2.75, 3.05) is 0 Å². The number of rotatable bonds is 1. The molecular formula is C15H11LiO. The molecule has 0 fully saturated rings. The Balaban J connectivity index is 0.00000144. The van der Waals surface area contributed by atoms with Crippen molar-refractivity contribution in [3.8, 4) is 11.8 Å². The Bertz CT molecular complexity index is 497. The van der Waals surface area contributed by atoms with Gasteiger partial charge >= 0.3 is 18.9 Å². The molecule has 0 aliphatic carbocycles. The first-order valence-corrected chi connectivity index (χ1v) is 5.13. The third-order valence-corrected chi connectivity index (χ3v) is 2.22. The average molecular weight is 214 g/mol. The molecular weight excluding hydrogens is 203 g/mol. The zero-order valence-electron chi connectivity index (χ0n) is 9.76. The molecule has 78 valence electrons. The van der Waals surface area contributed by atoms with Gasteiger partial charge in [-0.05, 0) is 23.8 Å². The molecule has 0 heterocycles. The van der Waals surface area contributed by atoms with Crippen molar-refractivity contribution < 1.29 is 24.0 Å². The van der Waals surface area contributed by atoms with Crippen molar-refractivity contribution >= 4 is 0 Å². The summed E-state index contributed by atoms with van der Waals surface area (Å²) in [5, 5.41) is 11.7. The largest absolute Gasteiger partial charge is 1.00 e. The fourth-order valence-corrected chi connectivity index (χ4v) is 1.38. The van der Waals surface area contributed by atoms with Crippen LogP contribution in [0.4, 0.5) is 0 Å². The van der Waals surface area contributed by atoms with E-state index in [-0.39, 0.29) is 18.9 Å². The molecule has 0 N–H and O–H groups in total. The number of hydrogen-bond donors (Lipinski definition) is 0. The van der Waals surface area contributed by atoms with Gasteiger partial charge in [0.1, 0.15) is 0 Å². The SMILES string of the molecule is [Li+].[O-]C(C#Cc1ccccc1)c1ccccc1. The summed E-state index contributed by atoms with van der Waals surface area (Å²) in [4.78, 5) is 0. The molecule has 0 radical (unpaired) electrons. The first-order valence-electron chi connectivity index (χ1n) is 5.13. The molecule has 2 rings (SSSR count). The van der Waals surface area contributed by atoms with E-state index in [2.05, 4.69) is 11.8 Å². The van der Waals surface area contributed by atoms with Gasteiger partial charge < -0.3 is 5.11 Å². The Morgan fingerprint density at radius 1 is 0.824 bits per heavy atom. The Hall–Kier alpha value is -1.44. The van der Waals surface area contributed by atoms with E-state index in [0.29, 0.717) is 5.56 Å². The molecule has 1 nitrogen and oxygen atoms in total. The van der Waals surface area contributed by atoms with Crippen LogP contribution in [0.1, 0.15) is 17.2 Å². The fourth-order valence-electron chi connectivity index (χ4n) is 1.38. The predicted molar refractivity (Wildman–Crippen MR) is 62.5 cm³/mol. The second kappa shape index (κ2) is 7.00. The summed E-state index contributed by atoms with van der Waals surface area (Å²) in [6.45, 7) is 0. The summed E-state index contributed by atoms with van der Waals surface area (Å²) in [6.07, 6.45) is -0.971. The predicted octanol–water partition coefficient (Wildman–Crippen LogP) is -0.856. The molecule has 0 saturated carbocycles. The second-order valence-electron chi connectivity index (χ2n) is 3.43. The van der Waals surface area contributed by atoms with Crippen LogP contribution in [-0.4, -0.2) is 0 Å². The summed E-state index contributed by atoms with van der Waals surface area (Å²) in [5.41, 5.74) is 1.59. The van der Waals surface area contributed by atoms with Crippen LogP contribution in [-0.2, 0) is 0 Å². The third kappa shape index (κ3) is 4.14. The van der Waals surface area contributed by atoms with E-state index in [1.54, 1.807) is 12.1 Å². The fraction of sp³-hybridized carbons (Fsp3) is 0.0667. The van der Waals surface area contributed by atoms with Crippen molar-refractivity contribution in [1.82, 2.24) is 0 Å². The van der Waals surface area contributed by atoms with E-state index >= 15 is 0 Å². The van der Waals surface area contributed by atoms with Crippen LogP contribution in [0.5, 0.6) is 0 Å². The van der Waals surface area contributed by atoms with Gasteiger partial charge in [0, 0.05) is 5.56 Å². The Kier molecular flexibility index (Phi) is 5.61. The quantitative estimate of drug-likeness (QED) is 0.447. The van der Waals surface area contributed by atoms with E-state index in [9.17, 15) is 5.11 Å². The summed E-state index contributed by atoms with van der Waals surface area (Å²) >= 11 is 0. The molecule has 0 aromatic heterocycles. The zero-order valence-corrected chi connectivity index (χ0v) is 9.76. The van der Waals surface area contributed by atoms with Crippen LogP contribution < -0.4 is 24.0 Å². The Labute approximate surface area is 114 Å². The van der Waals surface area contributed by atoms with Gasteiger partial charge in [-0.1, -0.05) is 54.5 Å². The monoisotopic (exact) mass is 214 g/mol. The minimum atomic E-state index is -0.971. The van der Waals surface area contributed by atoms with Gasteiger partial charge in [-0.3, -0.25) is 0 Å².